The van der Waals surface area contributed by atoms with Crippen LogP contribution in [0.15, 0.2) is 36.7 Å². The van der Waals surface area contributed by atoms with Gasteiger partial charge < -0.3 is 19.3 Å². The van der Waals surface area contributed by atoms with Gasteiger partial charge in [0, 0.05) is 32.2 Å². The average Bonchev–Trinajstić information content (AvgIpc) is 2.64. The molecule has 0 radical (unpaired) electrons. The lowest BCUT2D eigenvalue weighted by Crippen LogP contribution is -2.49. The van der Waals surface area contributed by atoms with Gasteiger partial charge in [-0.1, -0.05) is 12.1 Å². The summed E-state index contributed by atoms with van der Waals surface area (Å²) in [5.74, 6) is 0.595. The quantitative estimate of drug-likeness (QED) is 0.848. The molecule has 1 aromatic carbocycles. The van der Waals surface area contributed by atoms with Gasteiger partial charge in [-0.25, -0.2) is 19.2 Å². The van der Waals surface area contributed by atoms with E-state index in [4.69, 9.17) is 9.47 Å². The molecule has 0 unspecified atom stereocenters. The molecule has 1 aliphatic heterocycles. The lowest BCUT2D eigenvalue weighted by Gasteiger charge is -2.34. The minimum atomic E-state index is -0.453. The van der Waals surface area contributed by atoms with Crippen LogP contribution in [0.4, 0.5) is 15.0 Å². The molecule has 2 heterocycles. The van der Waals surface area contributed by atoms with E-state index in [1.54, 1.807) is 30.0 Å². The van der Waals surface area contributed by atoms with Crippen molar-refractivity contribution in [2.75, 3.05) is 37.7 Å². The summed E-state index contributed by atoms with van der Waals surface area (Å²) < 4.78 is 24.2. The van der Waals surface area contributed by atoms with Crippen LogP contribution in [0.1, 0.15) is 6.92 Å². The lowest BCUT2D eigenvalue weighted by atomic mass is 10.3. The van der Waals surface area contributed by atoms with Crippen LogP contribution in [0.3, 0.4) is 0 Å². The van der Waals surface area contributed by atoms with E-state index < -0.39 is 5.82 Å². The maximum Gasteiger partial charge on any atom is 0.409 e. The highest BCUT2D eigenvalue weighted by molar-refractivity contribution is 5.68. The first-order valence-electron chi connectivity index (χ1n) is 8.08. The predicted molar refractivity (Wildman–Crippen MR) is 89.3 cm³/mol. The highest BCUT2D eigenvalue weighted by Crippen LogP contribution is 2.25. The first-order valence-corrected chi connectivity index (χ1v) is 8.08. The Bertz CT molecular complexity index is 735. The van der Waals surface area contributed by atoms with E-state index in [-0.39, 0.29) is 17.7 Å². The summed E-state index contributed by atoms with van der Waals surface area (Å²) >= 11 is 0. The van der Waals surface area contributed by atoms with Crippen LogP contribution in [0.2, 0.25) is 0 Å². The number of amides is 1. The van der Waals surface area contributed by atoms with Gasteiger partial charge in [-0.15, -0.1) is 0 Å². The SMILES string of the molecule is CCOC(=O)N1CCN(c2cc(Oc3ccccc3F)ncn2)CC1. The Morgan fingerprint density at radius 1 is 1.20 bits per heavy atom. The summed E-state index contributed by atoms with van der Waals surface area (Å²) in [6.07, 6.45) is 1.08. The van der Waals surface area contributed by atoms with Gasteiger partial charge >= 0.3 is 6.09 Å². The van der Waals surface area contributed by atoms with Crippen LogP contribution in [0, 0.1) is 5.82 Å². The normalized spacial score (nSPS) is 14.3. The molecular formula is C17H19FN4O3. The topological polar surface area (TPSA) is 67.8 Å². The Hall–Kier alpha value is -2.90. The monoisotopic (exact) mass is 346 g/mol. The molecule has 25 heavy (non-hydrogen) atoms. The molecule has 1 amide bonds. The molecule has 1 aliphatic rings. The van der Waals surface area contributed by atoms with E-state index in [2.05, 4.69) is 9.97 Å². The van der Waals surface area contributed by atoms with Crippen LogP contribution < -0.4 is 9.64 Å². The Morgan fingerprint density at radius 2 is 1.96 bits per heavy atom. The Balaban J connectivity index is 1.64. The highest BCUT2D eigenvalue weighted by Gasteiger charge is 2.23. The van der Waals surface area contributed by atoms with E-state index in [9.17, 15) is 9.18 Å². The first kappa shape index (κ1) is 16.9. The molecule has 1 aromatic heterocycles. The zero-order chi connectivity index (χ0) is 17.6. The molecule has 132 valence electrons. The van der Waals surface area contributed by atoms with Crippen LogP contribution in [-0.4, -0.2) is 53.7 Å². The van der Waals surface area contributed by atoms with Gasteiger partial charge in [-0.2, -0.15) is 0 Å². The van der Waals surface area contributed by atoms with Gasteiger partial charge in [0.05, 0.1) is 6.61 Å². The third kappa shape index (κ3) is 4.14. The summed E-state index contributed by atoms with van der Waals surface area (Å²) in [5.41, 5.74) is 0. The van der Waals surface area contributed by atoms with E-state index >= 15 is 0 Å². The summed E-state index contributed by atoms with van der Waals surface area (Å²) in [7, 11) is 0. The number of halogens is 1. The van der Waals surface area contributed by atoms with E-state index in [0.29, 0.717) is 38.6 Å². The van der Waals surface area contributed by atoms with Crippen molar-refractivity contribution in [1.29, 1.82) is 0 Å². The maximum absolute atomic E-state index is 13.7. The molecule has 0 N–H and O–H groups in total. The number of rotatable bonds is 4. The number of carbonyl (C=O) groups is 1. The first-order chi connectivity index (χ1) is 12.2. The molecule has 1 saturated heterocycles. The molecule has 8 heteroatoms. The summed E-state index contributed by atoms with van der Waals surface area (Å²) in [5, 5.41) is 0. The fourth-order valence-corrected chi connectivity index (χ4v) is 2.53. The van der Waals surface area contributed by atoms with Gasteiger partial charge in [0.15, 0.2) is 11.6 Å². The Labute approximate surface area is 145 Å². The standard InChI is InChI=1S/C17H19FN4O3/c1-2-24-17(23)22-9-7-21(8-10-22)15-11-16(20-12-19-15)25-14-6-4-3-5-13(14)18/h3-6,11-12H,2,7-10H2,1H3. The second-order valence-electron chi connectivity index (χ2n) is 5.42. The van der Waals surface area contributed by atoms with Crippen molar-refractivity contribution in [2.24, 2.45) is 0 Å². The summed E-state index contributed by atoms with van der Waals surface area (Å²) in [6.45, 7) is 4.48. The van der Waals surface area contributed by atoms with E-state index in [1.165, 1.54) is 18.5 Å². The van der Waals surface area contributed by atoms with Gasteiger partial charge in [0.25, 0.3) is 0 Å². The van der Waals surface area contributed by atoms with Crippen molar-refractivity contribution >= 4 is 11.9 Å². The maximum atomic E-state index is 13.7. The molecule has 7 nitrogen and oxygen atoms in total. The van der Waals surface area contributed by atoms with Crippen molar-refractivity contribution in [1.82, 2.24) is 14.9 Å². The van der Waals surface area contributed by atoms with Crippen LogP contribution in [0.25, 0.3) is 0 Å². The van der Waals surface area contributed by atoms with Crippen LogP contribution in [-0.2, 0) is 4.74 Å². The van der Waals surface area contributed by atoms with Crippen LogP contribution >= 0.6 is 0 Å². The summed E-state index contributed by atoms with van der Waals surface area (Å²) in [4.78, 5) is 23.7. The zero-order valence-corrected chi connectivity index (χ0v) is 13.9. The molecular weight excluding hydrogens is 327 g/mol. The molecule has 0 saturated carbocycles. The predicted octanol–water partition coefficient (Wildman–Crippen LogP) is 2.69. The lowest BCUT2D eigenvalue weighted by molar-refractivity contribution is 0.105. The average molecular weight is 346 g/mol. The van der Waals surface area contributed by atoms with Gasteiger partial charge in [0.1, 0.15) is 12.1 Å². The molecule has 2 aromatic rings. The number of benzene rings is 1. The highest BCUT2D eigenvalue weighted by atomic mass is 19.1. The second-order valence-corrected chi connectivity index (χ2v) is 5.42. The smallest absolute Gasteiger partial charge is 0.409 e. The zero-order valence-electron chi connectivity index (χ0n) is 13.9. The van der Waals surface area contributed by atoms with Gasteiger partial charge in [0.2, 0.25) is 5.88 Å². The van der Waals surface area contributed by atoms with Crippen molar-refractivity contribution in [3.63, 3.8) is 0 Å². The fourth-order valence-electron chi connectivity index (χ4n) is 2.53. The second kappa shape index (κ2) is 7.78. The van der Waals surface area contributed by atoms with Crippen molar-refractivity contribution in [2.45, 2.75) is 6.92 Å². The number of piperazine rings is 1. The molecule has 3 rings (SSSR count). The number of anilines is 1. The van der Waals surface area contributed by atoms with Gasteiger partial charge in [-0.3, -0.25) is 0 Å². The van der Waals surface area contributed by atoms with Gasteiger partial charge in [-0.05, 0) is 19.1 Å². The summed E-state index contributed by atoms with van der Waals surface area (Å²) in [6, 6.07) is 7.81. The number of nitrogens with zero attached hydrogens (tertiary/aromatic N) is 4. The molecule has 0 bridgehead atoms. The van der Waals surface area contributed by atoms with Crippen molar-refractivity contribution in [3.8, 4) is 11.6 Å². The Kier molecular flexibility index (Phi) is 5.27. The van der Waals surface area contributed by atoms with Crippen molar-refractivity contribution in [3.05, 3.63) is 42.5 Å². The number of aromatic nitrogens is 2. The van der Waals surface area contributed by atoms with Crippen molar-refractivity contribution < 1.29 is 18.7 Å². The molecule has 0 atom stereocenters. The molecule has 0 spiro atoms. The third-order valence-corrected chi connectivity index (χ3v) is 3.81. The van der Waals surface area contributed by atoms with Crippen LogP contribution in [0.5, 0.6) is 11.6 Å². The Morgan fingerprint density at radius 3 is 2.68 bits per heavy atom. The third-order valence-electron chi connectivity index (χ3n) is 3.81. The van der Waals surface area contributed by atoms with E-state index in [0.717, 1.165) is 0 Å². The fraction of sp³-hybridized carbons (Fsp3) is 0.353. The minimum Gasteiger partial charge on any atom is -0.450 e. The molecule has 0 aliphatic carbocycles. The number of para-hydroxylation sites is 1. The largest absolute Gasteiger partial charge is 0.450 e. The number of ether oxygens (including phenoxy) is 2. The number of hydrogen-bond acceptors (Lipinski definition) is 6. The number of carbonyl (C=O) groups excluding carboxylic acids is 1. The van der Waals surface area contributed by atoms with E-state index in [1.807, 2.05) is 4.90 Å². The number of hydrogen-bond donors (Lipinski definition) is 0. The molecule has 1 fully saturated rings. The minimum absolute atomic E-state index is 0.110.